The van der Waals surface area contributed by atoms with E-state index in [-0.39, 0.29) is 22.2 Å². The molecule has 0 unspecified atom stereocenters. The van der Waals surface area contributed by atoms with Crippen LogP contribution in [0, 0.1) is 5.82 Å². The molecule has 0 fully saturated rings. The molecule has 0 aliphatic carbocycles. The SMILES string of the molecule is CCCCCCCCCCCCCCCCCCNC(=O)c1c(-c2c(F)cccc2Cl)noc1CCC. The highest BCUT2D eigenvalue weighted by Crippen LogP contribution is 2.34. The minimum Gasteiger partial charge on any atom is -0.360 e. The van der Waals surface area contributed by atoms with Gasteiger partial charge in [0.25, 0.3) is 5.91 Å². The van der Waals surface area contributed by atoms with Crippen LogP contribution in [0.1, 0.15) is 139 Å². The Balaban J connectivity index is 1.60. The van der Waals surface area contributed by atoms with Crippen molar-refractivity contribution in [2.45, 2.75) is 129 Å². The van der Waals surface area contributed by atoms with E-state index < -0.39 is 5.82 Å². The molecule has 0 aliphatic rings. The molecule has 1 heterocycles. The number of hydrogen-bond acceptors (Lipinski definition) is 3. The van der Waals surface area contributed by atoms with Crippen molar-refractivity contribution in [2.24, 2.45) is 0 Å². The largest absolute Gasteiger partial charge is 0.360 e. The van der Waals surface area contributed by atoms with Crippen molar-refractivity contribution in [3.8, 4) is 11.3 Å². The zero-order valence-corrected chi connectivity index (χ0v) is 23.9. The molecule has 0 saturated carbocycles. The van der Waals surface area contributed by atoms with Crippen LogP contribution < -0.4 is 5.32 Å². The molecule has 0 radical (unpaired) electrons. The molecular formula is C31H48ClFN2O2. The molecule has 1 amide bonds. The van der Waals surface area contributed by atoms with Crippen LogP contribution in [-0.4, -0.2) is 17.6 Å². The van der Waals surface area contributed by atoms with Gasteiger partial charge >= 0.3 is 0 Å². The van der Waals surface area contributed by atoms with Crippen LogP contribution in [0.25, 0.3) is 11.3 Å². The van der Waals surface area contributed by atoms with Crippen LogP contribution in [-0.2, 0) is 6.42 Å². The van der Waals surface area contributed by atoms with Crippen LogP contribution >= 0.6 is 11.6 Å². The first-order valence-electron chi connectivity index (χ1n) is 14.8. The number of hydrogen-bond donors (Lipinski definition) is 1. The second kappa shape index (κ2) is 19.2. The first-order valence-corrected chi connectivity index (χ1v) is 15.2. The molecule has 0 saturated heterocycles. The van der Waals surface area contributed by atoms with Gasteiger partial charge in [-0.2, -0.15) is 0 Å². The maximum atomic E-state index is 14.5. The molecule has 6 heteroatoms. The van der Waals surface area contributed by atoms with E-state index in [2.05, 4.69) is 17.4 Å². The standard InChI is InChI=1S/C31H48ClFN2O2/c1-3-5-6-7-8-9-10-11-12-13-14-15-16-17-18-19-24-34-31(36)29-27(21-4-2)37-35-30(29)28-25(32)22-20-23-26(28)33/h20,22-23H,3-19,21,24H2,1-2H3,(H,34,36). The summed E-state index contributed by atoms with van der Waals surface area (Å²) in [6, 6.07) is 4.44. The van der Waals surface area contributed by atoms with Gasteiger partial charge in [0.2, 0.25) is 0 Å². The van der Waals surface area contributed by atoms with Crippen molar-refractivity contribution in [1.82, 2.24) is 10.5 Å². The Hall–Kier alpha value is -1.88. The Morgan fingerprint density at radius 1 is 0.838 bits per heavy atom. The number of aromatic nitrogens is 1. The van der Waals surface area contributed by atoms with Crippen LogP contribution in [0.4, 0.5) is 4.39 Å². The summed E-state index contributed by atoms with van der Waals surface area (Å²) in [5, 5.41) is 7.20. The Bertz CT molecular complexity index is 879. The molecule has 1 aromatic carbocycles. The predicted molar refractivity (Wildman–Crippen MR) is 153 cm³/mol. The van der Waals surface area contributed by atoms with E-state index in [9.17, 15) is 9.18 Å². The summed E-state index contributed by atoms with van der Waals surface area (Å²) in [4.78, 5) is 13.0. The van der Waals surface area contributed by atoms with Gasteiger partial charge in [-0.1, -0.05) is 133 Å². The number of aryl methyl sites for hydroxylation is 1. The topological polar surface area (TPSA) is 55.1 Å². The molecule has 4 nitrogen and oxygen atoms in total. The average Bonchev–Trinajstić information content (AvgIpc) is 3.29. The average molecular weight is 535 g/mol. The minimum atomic E-state index is -0.518. The van der Waals surface area contributed by atoms with Gasteiger partial charge in [0.15, 0.2) is 0 Å². The van der Waals surface area contributed by atoms with Crippen molar-refractivity contribution < 1.29 is 13.7 Å². The van der Waals surface area contributed by atoms with Crippen molar-refractivity contribution in [3.63, 3.8) is 0 Å². The monoisotopic (exact) mass is 534 g/mol. The van der Waals surface area contributed by atoms with Gasteiger partial charge in [-0.15, -0.1) is 0 Å². The number of carbonyl (C=O) groups excluding carboxylic acids is 1. The van der Waals surface area contributed by atoms with Crippen LogP contribution in [0.3, 0.4) is 0 Å². The van der Waals surface area contributed by atoms with Gasteiger partial charge in [-0.25, -0.2) is 4.39 Å². The summed E-state index contributed by atoms with van der Waals surface area (Å²) in [5.41, 5.74) is 0.587. The second-order valence-electron chi connectivity index (χ2n) is 10.2. The highest BCUT2D eigenvalue weighted by atomic mass is 35.5. The molecule has 0 aliphatic heterocycles. The van der Waals surface area contributed by atoms with Gasteiger partial charge in [-0.05, 0) is 25.0 Å². The Labute approximate surface area is 229 Å². The summed E-state index contributed by atoms with van der Waals surface area (Å²) < 4.78 is 19.9. The van der Waals surface area contributed by atoms with Crippen molar-refractivity contribution in [2.75, 3.05) is 6.54 Å². The molecule has 1 N–H and O–H groups in total. The zero-order valence-electron chi connectivity index (χ0n) is 23.2. The summed E-state index contributed by atoms with van der Waals surface area (Å²) in [5.74, 6) is -0.322. The van der Waals surface area contributed by atoms with Crippen molar-refractivity contribution >= 4 is 17.5 Å². The smallest absolute Gasteiger partial charge is 0.257 e. The predicted octanol–water partition coefficient (Wildman–Crippen LogP) is 10.1. The first-order chi connectivity index (χ1) is 18.1. The summed E-state index contributed by atoms with van der Waals surface area (Å²) in [6.45, 7) is 4.85. The lowest BCUT2D eigenvalue weighted by Crippen LogP contribution is -2.25. The van der Waals surface area contributed by atoms with E-state index in [0.29, 0.717) is 24.3 Å². The number of nitrogens with one attached hydrogen (secondary N) is 1. The number of halogens is 2. The molecule has 2 aromatic rings. The molecule has 1 aromatic heterocycles. The number of amides is 1. The van der Waals surface area contributed by atoms with Gasteiger partial charge < -0.3 is 9.84 Å². The number of unbranched alkanes of at least 4 members (excludes halogenated alkanes) is 15. The highest BCUT2D eigenvalue weighted by molar-refractivity contribution is 6.33. The Morgan fingerprint density at radius 2 is 1.38 bits per heavy atom. The van der Waals surface area contributed by atoms with E-state index >= 15 is 0 Å². The Kier molecular flexibility index (Phi) is 16.3. The molecule has 0 atom stereocenters. The van der Waals surface area contributed by atoms with Crippen molar-refractivity contribution in [1.29, 1.82) is 0 Å². The van der Waals surface area contributed by atoms with Gasteiger partial charge in [0.05, 0.1) is 10.6 Å². The maximum Gasteiger partial charge on any atom is 0.257 e. The fourth-order valence-corrected chi connectivity index (χ4v) is 5.07. The molecule has 0 spiro atoms. The minimum absolute atomic E-state index is 0.114. The number of benzene rings is 1. The Morgan fingerprint density at radius 3 is 1.89 bits per heavy atom. The lowest BCUT2D eigenvalue weighted by atomic mass is 10.0. The third-order valence-electron chi connectivity index (χ3n) is 6.98. The number of carbonyl (C=O) groups is 1. The van der Waals surface area contributed by atoms with Crippen LogP contribution in [0.5, 0.6) is 0 Å². The third kappa shape index (κ3) is 11.6. The van der Waals surface area contributed by atoms with Crippen LogP contribution in [0.2, 0.25) is 5.02 Å². The summed E-state index contributed by atoms with van der Waals surface area (Å²) in [7, 11) is 0. The number of nitrogens with zero attached hydrogens (tertiary/aromatic N) is 1. The zero-order chi connectivity index (χ0) is 26.7. The van der Waals surface area contributed by atoms with E-state index in [0.717, 1.165) is 19.3 Å². The first kappa shape index (κ1) is 31.3. The fourth-order valence-electron chi connectivity index (χ4n) is 4.81. The van der Waals surface area contributed by atoms with Gasteiger partial charge in [0, 0.05) is 13.0 Å². The van der Waals surface area contributed by atoms with E-state index in [1.165, 1.54) is 102 Å². The molecule has 208 valence electrons. The number of rotatable bonds is 21. The summed E-state index contributed by atoms with van der Waals surface area (Å²) >= 11 is 6.23. The van der Waals surface area contributed by atoms with E-state index in [1.807, 2.05) is 6.92 Å². The van der Waals surface area contributed by atoms with Crippen molar-refractivity contribution in [3.05, 3.63) is 40.4 Å². The van der Waals surface area contributed by atoms with Gasteiger partial charge in [-0.3, -0.25) is 4.79 Å². The quantitative estimate of drug-likeness (QED) is 0.162. The third-order valence-corrected chi connectivity index (χ3v) is 7.30. The van der Waals surface area contributed by atoms with E-state index in [1.54, 1.807) is 6.07 Å². The molecular weight excluding hydrogens is 487 g/mol. The molecule has 2 rings (SSSR count). The molecule has 0 bridgehead atoms. The van der Waals surface area contributed by atoms with Gasteiger partial charge in [0.1, 0.15) is 22.8 Å². The molecule has 37 heavy (non-hydrogen) atoms. The van der Waals surface area contributed by atoms with E-state index in [4.69, 9.17) is 16.1 Å². The normalized spacial score (nSPS) is 11.2. The fraction of sp³-hybridized carbons (Fsp3) is 0.677. The second-order valence-corrected chi connectivity index (χ2v) is 10.6. The lowest BCUT2D eigenvalue weighted by molar-refractivity contribution is 0.0951. The highest BCUT2D eigenvalue weighted by Gasteiger charge is 2.26. The lowest BCUT2D eigenvalue weighted by Gasteiger charge is -2.08. The maximum absolute atomic E-state index is 14.5. The van der Waals surface area contributed by atoms with Crippen LogP contribution in [0.15, 0.2) is 22.7 Å². The summed E-state index contributed by atoms with van der Waals surface area (Å²) in [6.07, 6.45) is 22.4.